The highest BCUT2D eigenvalue weighted by Crippen LogP contribution is 2.45. The minimum absolute atomic E-state index is 0.0164. The second-order valence-corrected chi connectivity index (χ2v) is 6.51. The molecule has 1 saturated carbocycles. The zero-order valence-corrected chi connectivity index (χ0v) is 14.0. The average molecular weight is 316 g/mol. The van der Waals surface area contributed by atoms with E-state index in [0.717, 1.165) is 25.7 Å². The predicted molar refractivity (Wildman–Crippen MR) is 85.0 cm³/mol. The van der Waals surface area contributed by atoms with E-state index in [-0.39, 0.29) is 17.7 Å². The van der Waals surface area contributed by atoms with Gasteiger partial charge >= 0.3 is 0 Å². The van der Waals surface area contributed by atoms with Crippen molar-refractivity contribution < 1.29 is 14.3 Å². The molecule has 1 aliphatic carbocycles. The first kappa shape index (κ1) is 17.5. The monoisotopic (exact) mass is 316 g/mol. The minimum Gasteiger partial charge on any atom is -0.353 e. The van der Waals surface area contributed by atoms with Gasteiger partial charge in [-0.2, -0.15) is 5.26 Å². The maximum absolute atomic E-state index is 13.1. The molecule has 5 heteroatoms. The lowest BCUT2D eigenvalue weighted by Crippen LogP contribution is -2.67. The molecule has 2 rings (SSSR count). The van der Waals surface area contributed by atoms with Gasteiger partial charge in [0, 0.05) is 19.2 Å². The largest absolute Gasteiger partial charge is 0.353 e. The fraction of sp³-hybridized carbons (Fsp3) is 0.667. The van der Waals surface area contributed by atoms with Gasteiger partial charge in [-0.25, -0.2) is 0 Å². The van der Waals surface area contributed by atoms with Crippen LogP contribution in [0.25, 0.3) is 0 Å². The van der Waals surface area contributed by atoms with Crippen molar-refractivity contribution in [1.82, 2.24) is 4.90 Å². The molecule has 1 amide bonds. The number of nitrogens with zero attached hydrogens (tertiary/aromatic N) is 2. The van der Waals surface area contributed by atoms with E-state index in [1.807, 2.05) is 0 Å². The van der Waals surface area contributed by atoms with Crippen molar-refractivity contribution in [2.45, 2.75) is 51.3 Å². The summed E-state index contributed by atoms with van der Waals surface area (Å²) in [6.45, 7) is 6.80. The minimum atomic E-state index is -1.20. The zero-order valence-electron chi connectivity index (χ0n) is 14.0. The van der Waals surface area contributed by atoms with E-state index in [9.17, 15) is 14.9 Å². The lowest BCUT2D eigenvalue weighted by Gasteiger charge is -2.53. The number of hydrogen-bond donors (Lipinski definition) is 0. The number of nitriles is 1. The molecule has 5 nitrogen and oxygen atoms in total. The molecule has 4 atom stereocenters. The van der Waals surface area contributed by atoms with Crippen LogP contribution in [-0.2, 0) is 14.3 Å². The highest BCUT2D eigenvalue weighted by Gasteiger charge is 2.59. The number of ketones is 1. The Hall–Kier alpha value is -1.89. The third-order valence-corrected chi connectivity index (χ3v) is 5.28. The van der Waals surface area contributed by atoms with Crippen molar-refractivity contribution in [3.05, 3.63) is 18.4 Å². The van der Waals surface area contributed by atoms with Crippen molar-refractivity contribution in [3.63, 3.8) is 0 Å². The van der Waals surface area contributed by atoms with Gasteiger partial charge in [-0.1, -0.05) is 26.3 Å². The maximum Gasteiger partial charge on any atom is 0.236 e. The van der Waals surface area contributed by atoms with Crippen LogP contribution in [0.5, 0.6) is 0 Å². The SMILES string of the molecule is C=C=CC1(OC)C(C#N)C(C)C(C(C)=O)C(=O)N1C1CCCC1. The van der Waals surface area contributed by atoms with Crippen LogP contribution in [-0.4, -0.2) is 35.5 Å². The molecule has 0 bridgehead atoms. The summed E-state index contributed by atoms with van der Waals surface area (Å²) in [5.74, 6) is -2.29. The molecule has 2 fully saturated rings. The molecule has 4 unspecified atom stereocenters. The molecular formula is C18H24N2O3. The number of hydrogen-bond acceptors (Lipinski definition) is 4. The number of piperidine rings is 1. The fourth-order valence-electron chi connectivity index (χ4n) is 4.24. The quantitative estimate of drug-likeness (QED) is 0.590. The van der Waals surface area contributed by atoms with E-state index in [1.54, 1.807) is 17.9 Å². The van der Waals surface area contributed by atoms with Crippen LogP contribution in [0.2, 0.25) is 0 Å². The van der Waals surface area contributed by atoms with Crippen LogP contribution in [0.3, 0.4) is 0 Å². The molecule has 1 heterocycles. The number of amides is 1. The number of likely N-dealkylation sites (tertiary alicyclic amines) is 1. The molecule has 1 aliphatic heterocycles. The third-order valence-electron chi connectivity index (χ3n) is 5.28. The Kier molecular flexibility index (Phi) is 5.09. The van der Waals surface area contributed by atoms with Gasteiger partial charge in [0.15, 0.2) is 5.72 Å². The van der Waals surface area contributed by atoms with Crippen LogP contribution in [0.1, 0.15) is 39.5 Å². The molecule has 0 spiro atoms. The summed E-state index contributed by atoms with van der Waals surface area (Å²) in [7, 11) is 1.49. The van der Waals surface area contributed by atoms with Crippen LogP contribution in [0.15, 0.2) is 18.4 Å². The van der Waals surface area contributed by atoms with Crippen LogP contribution < -0.4 is 0 Å². The van der Waals surface area contributed by atoms with Gasteiger partial charge in [0.1, 0.15) is 17.6 Å². The smallest absolute Gasteiger partial charge is 0.236 e. The lowest BCUT2D eigenvalue weighted by atomic mass is 9.70. The van der Waals surface area contributed by atoms with Gasteiger partial charge in [0.25, 0.3) is 0 Å². The third kappa shape index (κ3) is 2.63. The van der Waals surface area contributed by atoms with E-state index >= 15 is 0 Å². The molecule has 23 heavy (non-hydrogen) atoms. The number of carbonyl (C=O) groups is 2. The number of rotatable bonds is 4. The van der Waals surface area contributed by atoms with Crippen molar-refractivity contribution in [3.8, 4) is 6.07 Å². The fourth-order valence-corrected chi connectivity index (χ4v) is 4.24. The van der Waals surface area contributed by atoms with E-state index in [0.29, 0.717) is 0 Å². The van der Waals surface area contributed by atoms with Crippen molar-refractivity contribution in [2.24, 2.45) is 17.8 Å². The second-order valence-electron chi connectivity index (χ2n) is 6.51. The van der Waals surface area contributed by atoms with E-state index in [4.69, 9.17) is 4.74 Å². The summed E-state index contributed by atoms with van der Waals surface area (Å²) in [5.41, 5.74) is 1.50. The molecule has 0 aromatic heterocycles. The van der Waals surface area contributed by atoms with Gasteiger partial charge in [0.05, 0.1) is 6.07 Å². The first-order valence-corrected chi connectivity index (χ1v) is 8.10. The maximum atomic E-state index is 13.1. The zero-order chi connectivity index (χ0) is 17.2. The Labute approximate surface area is 137 Å². The number of ether oxygens (including phenoxy) is 1. The summed E-state index contributed by atoms with van der Waals surface area (Å²) in [6, 6.07) is 2.25. The number of Topliss-reactive ketones (excluding diaryl/α,β-unsaturated/α-hetero) is 1. The number of methoxy groups -OCH3 is 1. The highest BCUT2D eigenvalue weighted by molar-refractivity contribution is 6.01. The molecule has 0 aromatic rings. The first-order chi connectivity index (χ1) is 10.9. The topological polar surface area (TPSA) is 70.4 Å². The second kappa shape index (κ2) is 6.70. The molecule has 2 aliphatic rings. The summed E-state index contributed by atoms with van der Waals surface area (Å²) in [6.07, 6.45) is 5.36. The van der Waals surface area contributed by atoms with E-state index in [1.165, 1.54) is 14.0 Å². The highest BCUT2D eigenvalue weighted by atomic mass is 16.5. The van der Waals surface area contributed by atoms with Crippen LogP contribution in [0.4, 0.5) is 0 Å². The molecule has 1 saturated heterocycles. The van der Waals surface area contributed by atoms with Gasteiger partial charge in [-0.3, -0.25) is 9.59 Å². The Balaban J connectivity index is 2.63. The van der Waals surface area contributed by atoms with E-state index < -0.39 is 23.5 Å². The molecule has 0 aromatic carbocycles. The van der Waals surface area contributed by atoms with Gasteiger partial charge in [-0.15, -0.1) is 5.73 Å². The Bertz CT molecular complexity index is 582. The Morgan fingerprint density at radius 2 is 2.09 bits per heavy atom. The first-order valence-electron chi connectivity index (χ1n) is 8.10. The normalized spacial score (nSPS) is 34.8. The number of carbonyl (C=O) groups excluding carboxylic acids is 2. The van der Waals surface area contributed by atoms with Crippen LogP contribution >= 0.6 is 0 Å². The molecule has 0 radical (unpaired) electrons. The molecule has 0 N–H and O–H groups in total. The Morgan fingerprint density at radius 1 is 1.48 bits per heavy atom. The van der Waals surface area contributed by atoms with Gasteiger partial charge in [0.2, 0.25) is 5.91 Å². The Morgan fingerprint density at radius 3 is 2.52 bits per heavy atom. The summed E-state index contributed by atoms with van der Waals surface area (Å²) < 4.78 is 5.73. The summed E-state index contributed by atoms with van der Waals surface area (Å²) in [4.78, 5) is 26.8. The lowest BCUT2D eigenvalue weighted by molar-refractivity contribution is -0.199. The predicted octanol–water partition coefficient (Wildman–Crippen LogP) is 2.44. The van der Waals surface area contributed by atoms with Gasteiger partial charge in [-0.05, 0) is 25.7 Å². The van der Waals surface area contributed by atoms with Crippen molar-refractivity contribution in [2.75, 3.05) is 7.11 Å². The molecular weight excluding hydrogens is 292 g/mol. The van der Waals surface area contributed by atoms with Crippen molar-refractivity contribution in [1.29, 1.82) is 5.26 Å². The summed E-state index contributed by atoms with van der Waals surface area (Å²) in [5, 5.41) is 9.75. The standard InChI is InChI=1S/C18H24N2O3/c1-5-10-18(23-4)15(11-19)12(2)16(13(3)21)17(22)20(18)14-8-6-7-9-14/h10,12,14-16H,1,6-9H2,2-4H3. The summed E-state index contributed by atoms with van der Waals surface area (Å²) >= 11 is 0. The van der Waals surface area contributed by atoms with Gasteiger partial charge < -0.3 is 9.64 Å². The van der Waals surface area contributed by atoms with Crippen molar-refractivity contribution >= 4 is 11.7 Å². The van der Waals surface area contributed by atoms with Crippen LogP contribution in [0, 0.1) is 29.1 Å². The van der Waals surface area contributed by atoms with E-state index in [2.05, 4.69) is 18.4 Å². The average Bonchev–Trinajstić information content (AvgIpc) is 3.01. The molecule has 124 valence electrons.